The molecule has 2 heteroatoms. The fourth-order valence-corrected chi connectivity index (χ4v) is 1.92. The van der Waals surface area contributed by atoms with E-state index in [0.717, 1.165) is 0 Å². The van der Waals surface area contributed by atoms with Crippen LogP contribution in [0, 0.1) is 6.92 Å². The molecule has 0 spiro atoms. The molecular formula is C9H11NS. The minimum atomic E-state index is 1.19. The maximum absolute atomic E-state index is 3.74. The fraction of sp³-hybridized carbons (Fsp3) is 0.222. The van der Waals surface area contributed by atoms with Crippen LogP contribution in [-0.2, 0) is 0 Å². The van der Waals surface area contributed by atoms with Crippen LogP contribution in [0.3, 0.4) is 0 Å². The molecule has 0 atom stereocenters. The van der Waals surface area contributed by atoms with Gasteiger partial charge in [-0.1, -0.05) is 6.08 Å². The van der Waals surface area contributed by atoms with Gasteiger partial charge in [0.15, 0.2) is 0 Å². The summed E-state index contributed by atoms with van der Waals surface area (Å²) in [5.41, 5.74) is 0. The molecule has 0 amide bonds. The third-order valence-electron chi connectivity index (χ3n) is 1.43. The molecule has 0 saturated heterocycles. The summed E-state index contributed by atoms with van der Waals surface area (Å²) in [6.45, 7) is 7.55. The Morgan fingerprint density at radius 3 is 2.91 bits per heavy atom. The number of thiophene rings is 1. The maximum atomic E-state index is 3.74. The van der Waals surface area contributed by atoms with Gasteiger partial charge in [-0.3, -0.25) is 4.99 Å². The number of aryl methyl sites for hydroxylation is 1. The Labute approximate surface area is 70.4 Å². The molecule has 1 rings (SSSR count). The van der Waals surface area contributed by atoms with Crippen molar-refractivity contribution in [2.24, 2.45) is 4.99 Å². The van der Waals surface area contributed by atoms with Crippen LogP contribution < -0.4 is 9.75 Å². The van der Waals surface area contributed by atoms with E-state index in [1.54, 1.807) is 17.5 Å². The average Bonchev–Trinajstić information content (AvgIpc) is 2.32. The van der Waals surface area contributed by atoms with Crippen molar-refractivity contribution >= 4 is 30.3 Å². The highest BCUT2D eigenvalue weighted by Gasteiger charge is 1.89. The van der Waals surface area contributed by atoms with Gasteiger partial charge in [0.1, 0.15) is 0 Å². The molecule has 0 N–H and O–H groups in total. The monoisotopic (exact) mass is 165 g/mol. The Kier molecular flexibility index (Phi) is 2.60. The van der Waals surface area contributed by atoms with Gasteiger partial charge in [-0.2, -0.15) is 0 Å². The van der Waals surface area contributed by atoms with E-state index in [2.05, 4.69) is 30.8 Å². The van der Waals surface area contributed by atoms with Gasteiger partial charge in [0, 0.05) is 11.1 Å². The lowest BCUT2D eigenvalue weighted by atomic mass is 10.4. The highest BCUT2D eigenvalue weighted by Crippen LogP contribution is 1.94. The highest BCUT2D eigenvalue weighted by molar-refractivity contribution is 7.09. The molecular weight excluding hydrogens is 154 g/mol. The van der Waals surface area contributed by atoms with Crippen molar-refractivity contribution < 1.29 is 0 Å². The molecule has 0 unspecified atom stereocenters. The van der Waals surface area contributed by atoms with Crippen LogP contribution >= 0.6 is 11.3 Å². The lowest BCUT2D eigenvalue weighted by molar-refractivity contribution is 1.57. The summed E-state index contributed by atoms with van der Waals surface area (Å²) in [7, 11) is 0. The molecule has 58 valence electrons. The maximum Gasteiger partial charge on any atom is 0.0524 e. The van der Waals surface area contributed by atoms with Gasteiger partial charge in [0.05, 0.1) is 4.53 Å². The molecule has 11 heavy (non-hydrogen) atoms. The normalized spacial score (nSPS) is 14.0. The van der Waals surface area contributed by atoms with Gasteiger partial charge in [0.2, 0.25) is 0 Å². The predicted molar refractivity (Wildman–Crippen MR) is 52.5 cm³/mol. The molecule has 0 bridgehead atoms. The van der Waals surface area contributed by atoms with Gasteiger partial charge in [-0.15, -0.1) is 11.3 Å². The largest absolute Gasteiger partial charge is 0.271 e. The van der Waals surface area contributed by atoms with Crippen molar-refractivity contribution in [1.29, 1.82) is 0 Å². The number of nitrogens with zero attached hydrogens (tertiary/aromatic N) is 1. The van der Waals surface area contributed by atoms with E-state index in [-0.39, 0.29) is 0 Å². The Hall–Kier alpha value is -0.890. The summed E-state index contributed by atoms with van der Waals surface area (Å²) in [6.07, 6.45) is 3.88. The molecule has 1 heterocycles. The molecule has 1 nitrogen and oxygen atoms in total. The lowest BCUT2D eigenvalue weighted by Crippen LogP contribution is -2.15. The van der Waals surface area contributed by atoms with Crippen LogP contribution in [-0.4, -0.2) is 6.72 Å². The summed E-state index contributed by atoms with van der Waals surface area (Å²) in [4.78, 5) is 5.06. The van der Waals surface area contributed by atoms with E-state index in [1.165, 1.54) is 14.6 Å². The van der Waals surface area contributed by atoms with Crippen LogP contribution in [0.25, 0.3) is 12.3 Å². The van der Waals surface area contributed by atoms with E-state index < -0.39 is 0 Å². The molecule has 0 saturated carbocycles. The summed E-state index contributed by atoms with van der Waals surface area (Å²) in [5.74, 6) is 0. The number of hydrogen-bond acceptors (Lipinski definition) is 2. The summed E-state index contributed by atoms with van der Waals surface area (Å²) in [5, 5.41) is 1.25. The number of aliphatic imine (C=N–C) groups is 1. The van der Waals surface area contributed by atoms with Crippen molar-refractivity contribution in [1.82, 2.24) is 0 Å². The Morgan fingerprint density at radius 2 is 2.36 bits per heavy atom. The quantitative estimate of drug-likeness (QED) is 0.556. The summed E-state index contributed by atoms with van der Waals surface area (Å²) < 4.78 is 1.19. The second-order valence-electron chi connectivity index (χ2n) is 2.28. The third kappa shape index (κ3) is 1.77. The van der Waals surface area contributed by atoms with Crippen LogP contribution in [0.15, 0.2) is 11.1 Å². The first-order valence-electron chi connectivity index (χ1n) is 3.46. The van der Waals surface area contributed by atoms with Gasteiger partial charge in [-0.25, -0.2) is 0 Å². The van der Waals surface area contributed by atoms with Crippen LogP contribution in [0.1, 0.15) is 11.8 Å². The smallest absolute Gasteiger partial charge is 0.0524 e. The SMILES string of the molecule is C=N/C=c1/sc(C)c/c1=C/C. The van der Waals surface area contributed by atoms with Crippen molar-refractivity contribution in [3.63, 3.8) is 0 Å². The summed E-state index contributed by atoms with van der Waals surface area (Å²) >= 11 is 1.74. The van der Waals surface area contributed by atoms with Gasteiger partial charge in [0.25, 0.3) is 0 Å². The minimum Gasteiger partial charge on any atom is -0.271 e. The van der Waals surface area contributed by atoms with Crippen LogP contribution in [0.4, 0.5) is 0 Å². The average molecular weight is 165 g/mol. The van der Waals surface area contributed by atoms with Crippen LogP contribution in [0.5, 0.6) is 0 Å². The first-order chi connectivity index (χ1) is 5.27. The predicted octanol–water partition coefficient (Wildman–Crippen LogP) is 1.30. The fourth-order valence-electron chi connectivity index (χ4n) is 0.961. The van der Waals surface area contributed by atoms with Gasteiger partial charge >= 0.3 is 0 Å². The zero-order chi connectivity index (χ0) is 8.27. The molecule has 0 radical (unpaired) electrons. The second kappa shape index (κ2) is 3.49. The molecule has 0 aliphatic rings. The molecule has 0 fully saturated rings. The Morgan fingerprint density at radius 1 is 1.64 bits per heavy atom. The van der Waals surface area contributed by atoms with Gasteiger partial charge in [-0.05, 0) is 31.9 Å². The minimum absolute atomic E-state index is 1.19. The van der Waals surface area contributed by atoms with E-state index in [9.17, 15) is 0 Å². The molecule has 1 aromatic heterocycles. The third-order valence-corrected chi connectivity index (χ3v) is 2.43. The first-order valence-corrected chi connectivity index (χ1v) is 4.28. The van der Waals surface area contributed by atoms with Gasteiger partial charge < -0.3 is 0 Å². The first kappa shape index (κ1) is 8.21. The van der Waals surface area contributed by atoms with Crippen LogP contribution in [0.2, 0.25) is 0 Å². The van der Waals surface area contributed by atoms with Crippen molar-refractivity contribution in [3.05, 3.63) is 20.7 Å². The highest BCUT2D eigenvalue weighted by atomic mass is 32.1. The van der Waals surface area contributed by atoms with E-state index in [0.29, 0.717) is 0 Å². The van der Waals surface area contributed by atoms with Crippen molar-refractivity contribution in [2.45, 2.75) is 13.8 Å². The van der Waals surface area contributed by atoms with E-state index in [1.807, 2.05) is 6.92 Å². The second-order valence-corrected chi connectivity index (χ2v) is 3.56. The number of hydrogen-bond donors (Lipinski definition) is 0. The zero-order valence-corrected chi connectivity index (χ0v) is 7.61. The molecule has 0 aliphatic carbocycles. The van der Waals surface area contributed by atoms with E-state index >= 15 is 0 Å². The topological polar surface area (TPSA) is 12.4 Å². The lowest BCUT2D eigenvalue weighted by Gasteiger charge is -1.72. The van der Waals surface area contributed by atoms with Crippen molar-refractivity contribution in [3.8, 4) is 0 Å². The molecule has 0 aliphatic heterocycles. The standard InChI is InChI=1S/C9H11NS/c1-4-8-5-7(2)11-9(8)6-10-3/h4-6H,3H2,1-2H3/b8-4-,9-6+. The van der Waals surface area contributed by atoms with Crippen molar-refractivity contribution in [2.75, 3.05) is 0 Å². The Balaban J connectivity index is 3.47. The number of rotatable bonds is 1. The zero-order valence-electron chi connectivity index (χ0n) is 6.79. The molecule has 1 aromatic rings. The summed E-state index contributed by atoms with van der Waals surface area (Å²) in [6, 6.07) is 2.15. The van der Waals surface area contributed by atoms with E-state index in [4.69, 9.17) is 0 Å². The molecule has 0 aromatic carbocycles. The Bertz CT molecular complexity index is 359.